The van der Waals surface area contributed by atoms with Gasteiger partial charge in [0, 0.05) is 11.1 Å². The van der Waals surface area contributed by atoms with Crippen molar-refractivity contribution in [1.29, 1.82) is 0 Å². The molecule has 31 heavy (non-hydrogen) atoms. The third-order valence-electron chi connectivity index (χ3n) is 5.01. The maximum absolute atomic E-state index is 12.4. The minimum atomic E-state index is -3.38. The molecule has 10 heteroatoms. The fraction of sp³-hybridized carbons (Fsp3) is 0.381. The van der Waals surface area contributed by atoms with Gasteiger partial charge >= 0.3 is 11.9 Å². The van der Waals surface area contributed by atoms with Gasteiger partial charge in [0.1, 0.15) is 5.00 Å². The Labute approximate surface area is 184 Å². The van der Waals surface area contributed by atoms with E-state index in [-0.39, 0.29) is 10.5 Å². The summed E-state index contributed by atoms with van der Waals surface area (Å²) in [6.45, 7) is 1.59. The van der Waals surface area contributed by atoms with Crippen LogP contribution in [0, 0.1) is 5.92 Å². The average Bonchev–Trinajstić information content (AvgIpc) is 3.07. The molecule has 0 fully saturated rings. The molecule has 3 rings (SSSR count). The molecule has 1 aromatic carbocycles. The van der Waals surface area contributed by atoms with Crippen LogP contribution in [-0.4, -0.2) is 46.2 Å². The van der Waals surface area contributed by atoms with Crippen LogP contribution >= 0.6 is 11.3 Å². The number of thiophene rings is 1. The van der Waals surface area contributed by atoms with Crippen LogP contribution in [0.15, 0.2) is 29.2 Å². The minimum Gasteiger partial charge on any atom is -0.465 e. The van der Waals surface area contributed by atoms with Gasteiger partial charge in [-0.25, -0.2) is 18.0 Å². The minimum absolute atomic E-state index is 0.0770. The fourth-order valence-electron chi connectivity index (χ4n) is 3.37. The van der Waals surface area contributed by atoms with Gasteiger partial charge in [-0.1, -0.05) is 6.92 Å². The number of carbonyl (C=O) groups excluding carboxylic acids is 3. The summed E-state index contributed by atoms with van der Waals surface area (Å²) in [5, 5.41) is 3.05. The van der Waals surface area contributed by atoms with Crippen molar-refractivity contribution < 1.29 is 32.3 Å². The van der Waals surface area contributed by atoms with Crippen molar-refractivity contribution in [3.8, 4) is 0 Å². The second-order valence-corrected chi connectivity index (χ2v) is 10.6. The topological polar surface area (TPSA) is 116 Å². The van der Waals surface area contributed by atoms with Crippen LogP contribution in [0.2, 0.25) is 0 Å². The van der Waals surface area contributed by atoms with Crippen molar-refractivity contribution in [3.63, 3.8) is 0 Å². The molecule has 8 nitrogen and oxygen atoms in total. The standard InChI is InChI=1S/C21H23NO7S2/c1-12-4-9-15-16(10-12)30-19(18(15)21(25)28-2)22-17(23)11-29-20(24)13-5-7-14(8-6-13)31(3,26)27/h5-8,12H,4,9-11H2,1-3H3,(H,22,23). The number of rotatable bonds is 6. The van der Waals surface area contributed by atoms with E-state index in [2.05, 4.69) is 12.2 Å². The first-order valence-electron chi connectivity index (χ1n) is 9.60. The molecular formula is C21H23NO7S2. The van der Waals surface area contributed by atoms with E-state index in [1.54, 1.807) is 0 Å². The molecule has 0 saturated carbocycles. The lowest BCUT2D eigenvalue weighted by molar-refractivity contribution is -0.119. The Balaban J connectivity index is 1.67. The van der Waals surface area contributed by atoms with Gasteiger partial charge in [-0.3, -0.25) is 4.79 Å². The number of hydrogen-bond acceptors (Lipinski definition) is 8. The molecule has 1 aromatic heterocycles. The molecule has 0 radical (unpaired) electrons. The number of anilines is 1. The number of ether oxygens (including phenoxy) is 2. The summed E-state index contributed by atoms with van der Waals surface area (Å²) >= 11 is 1.34. The molecular weight excluding hydrogens is 442 g/mol. The van der Waals surface area contributed by atoms with Crippen molar-refractivity contribution in [1.82, 2.24) is 0 Å². The first-order valence-corrected chi connectivity index (χ1v) is 12.3. The van der Waals surface area contributed by atoms with E-state index in [9.17, 15) is 22.8 Å². The maximum atomic E-state index is 12.4. The lowest BCUT2D eigenvalue weighted by Crippen LogP contribution is -2.22. The largest absolute Gasteiger partial charge is 0.465 e. The smallest absolute Gasteiger partial charge is 0.341 e. The van der Waals surface area contributed by atoms with Crippen LogP contribution in [0.25, 0.3) is 0 Å². The molecule has 1 unspecified atom stereocenters. The van der Waals surface area contributed by atoms with E-state index in [1.165, 1.54) is 42.7 Å². The van der Waals surface area contributed by atoms with E-state index in [1.807, 2.05) is 0 Å². The monoisotopic (exact) mass is 465 g/mol. The molecule has 1 amide bonds. The number of fused-ring (bicyclic) bond motifs is 1. The Bertz CT molecular complexity index is 1120. The zero-order valence-electron chi connectivity index (χ0n) is 17.4. The van der Waals surface area contributed by atoms with Crippen LogP contribution in [0.5, 0.6) is 0 Å². The summed E-state index contributed by atoms with van der Waals surface area (Å²) in [7, 11) is -2.09. The summed E-state index contributed by atoms with van der Waals surface area (Å²) in [5.41, 5.74) is 1.40. The second-order valence-electron chi connectivity index (χ2n) is 7.47. The van der Waals surface area contributed by atoms with Crippen LogP contribution < -0.4 is 5.32 Å². The molecule has 166 valence electrons. The van der Waals surface area contributed by atoms with Gasteiger partial charge in [0.05, 0.1) is 23.1 Å². The third kappa shape index (κ3) is 5.31. The molecule has 0 spiro atoms. The number of hydrogen-bond donors (Lipinski definition) is 1. The van der Waals surface area contributed by atoms with E-state index >= 15 is 0 Å². The van der Waals surface area contributed by atoms with Gasteiger partial charge in [-0.2, -0.15) is 0 Å². The molecule has 1 aliphatic rings. The van der Waals surface area contributed by atoms with E-state index < -0.39 is 34.3 Å². The molecule has 0 saturated heterocycles. The van der Waals surface area contributed by atoms with Crippen LogP contribution in [-0.2, 0) is 36.9 Å². The summed E-state index contributed by atoms with van der Waals surface area (Å²) < 4.78 is 32.9. The summed E-state index contributed by atoms with van der Waals surface area (Å²) in [6, 6.07) is 5.23. The SMILES string of the molecule is COC(=O)c1c(NC(=O)COC(=O)c2ccc(S(C)(=O)=O)cc2)sc2c1CCC(C)C2. The lowest BCUT2D eigenvalue weighted by atomic mass is 9.88. The first kappa shape index (κ1) is 23.0. The van der Waals surface area contributed by atoms with Gasteiger partial charge in [0.2, 0.25) is 0 Å². The summed E-state index contributed by atoms with van der Waals surface area (Å²) in [4.78, 5) is 37.9. The highest BCUT2D eigenvalue weighted by molar-refractivity contribution is 7.90. The highest BCUT2D eigenvalue weighted by Crippen LogP contribution is 2.40. The van der Waals surface area contributed by atoms with Gasteiger partial charge in [-0.05, 0) is 55.0 Å². The van der Waals surface area contributed by atoms with E-state index in [0.717, 1.165) is 36.0 Å². The predicted molar refractivity (Wildman–Crippen MR) is 115 cm³/mol. The summed E-state index contributed by atoms with van der Waals surface area (Å²) in [5.74, 6) is -1.36. The Kier molecular flexibility index (Phi) is 6.80. The number of amides is 1. The number of nitrogens with one attached hydrogen (secondary N) is 1. The van der Waals surface area contributed by atoms with Crippen LogP contribution in [0.4, 0.5) is 5.00 Å². The molecule has 0 bridgehead atoms. The highest BCUT2D eigenvalue weighted by Gasteiger charge is 2.29. The fourth-order valence-corrected chi connectivity index (χ4v) is 5.42. The first-order chi connectivity index (χ1) is 14.6. The summed E-state index contributed by atoms with van der Waals surface area (Å²) in [6.07, 6.45) is 3.59. The zero-order valence-corrected chi connectivity index (χ0v) is 19.0. The maximum Gasteiger partial charge on any atom is 0.341 e. The van der Waals surface area contributed by atoms with Gasteiger partial charge in [0.25, 0.3) is 5.91 Å². The van der Waals surface area contributed by atoms with Gasteiger partial charge < -0.3 is 14.8 Å². The zero-order chi connectivity index (χ0) is 22.8. The van der Waals surface area contributed by atoms with Gasteiger partial charge in [0.15, 0.2) is 16.4 Å². The van der Waals surface area contributed by atoms with E-state index in [4.69, 9.17) is 9.47 Å². The second kappa shape index (κ2) is 9.19. The average molecular weight is 466 g/mol. The van der Waals surface area contributed by atoms with Crippen molar-refractivity contribution in [2.75, 3.05) is 25.3 Å². The van der Waals surface area contributed by atoms with Crippen molar-refractivity contribution in [2.24, 2.45) is 5.92 Å². The predicted octanol–water partition coefficient (Wildman–Crippen LogP) is 2.86. The van der Waals surface area contributed by atoms with Crippen LogP contribution in [0.3, 0.4) is 0 Å². The Morgan fingerprint density at radius 2 is 1.84 bits per heavy atom. The Hall–Kier alpha value is -2.72. The van der Waals surface area contributed by atoms with Crippen LogP contribution in [0.1, 0.15) is 44.5 Å². The quantitative estimate of drug-likeness (QED) is 0.652. The van der Waals surface area contributed by atoms with Gasteiger partial charge in [-0.15, -0.1) is 11.3 Å². The molecule has 0 aliphatic heterocycles. The number of sulfone groups is 1. The molecule has 1 aliphatic carbocycles. The van der Waals surface area contributed by atoms with E-state index in [0.29, 0.717) is 16.5 Å². The molecule has 1 atom stereocenters. The molecule has 1 heterocycles. The Morgan fingerprint density at radius 3 is 2.45 bits per heavy atom. The number of carbonyl (C=O) groups is 3. The lowest BCUT2D eigenvalue weighted by Gasteiger charge is -2.18. The number of benzene rings is 1. The Morgan fingerprint density at radius 1 is 1.16 bits per heavy atom. The number of methoxy groups -OCH3 is 1. The highest BCUT2D eigenvalue weighted by atomic mass is 32.2. The third-order valence-corrected chi connectivity index (χ3v) is 7.30. The van der Waals surface area contributed by atoms with Crippen molar-refractivity contribution in [3.05, 3.63) is 45.8 Å². The number of esters is 2. The normalized spacial score (nSPS) is 15.6. The van der Waals surface area contributed by atoms with Crippen molar-refractivity contribution in [2.45, 2.75) is 31.1 Å². The molecule has 2 aromatic rings. The molecule has 1 N–H and O–H groups in total. The van der Waals surface area contributed by atoms with Crippen molar-refractivity contribution >= 4 is 44.0 Å².